The van der Waals surface area contributed by atoms with E-state index in [9.17, 15) is 0 Å². The van der Waals surface area contributed by atoms with Gasteiger partial charge < -0.3 is 18.9 Å². The lowest BCUT2D eigenvalue weighted by Crippen LogP contribution is -2.03. The van der Waals surface area contributed by atoms with Gasteiger partial charge in [0.2, 0.25) is 0 Å². The monoisotopic (exact) mass is 972 g/mol. The third kappa shape index (κ3) is 22.6. The first-order valence-electron chi connectivity index (χ1n) is 25.6. The fourth-order valence-electron chi connectivity index (χ4n) is 7.01. The van der Waals surface area contributed by atoms with Gasteiger partial charge in [-0.05, 0) is 97.9 Å². The Bertz CT molecular complexity index is 2330. The molecule has 0 atom stereocenters. The van der Waals surface area contributed by atoms with Gasteiger partial charge in [0.25, 0.3) is 0 Å². The Morgan fingerprint density at radius 3 is 0.957 bits per heavy atom. The molecule has 4 rings (SSSR count). The van der Waals surface area contributed by atoms with Crippen LogP contribution in [-0.2, 0) is 0 Å². The average Bonchev–Trinajstić information content (AvgIpc) is 3.38. The Morgan fingerprint density at radius 2 is 0.671 bits per heavy atom. The van der Waals surface area contributed by atoms with Crippen LogP contribution in [0, 0.1) is 70.0 Å². The molecule has 4 aromatic carbocycles. The van der Waals surface area contributed by atoms with Crippen LogP contribution in [0.2, 0.25) is 0 Å². The van der Waals surface area contributed by atoms with Crippen molar-refractivity contribution in [1.29, 1.82) is 10.5 Å². The van der Waals surface area contributed by atoms with Gasteiger partial charge in [-0.15, -0.1) is 23.5 Å². The zero-order valence-corrected chi connectivity index (χ0v) is 43.9. The molecule has 0 aliphatic carbocycles. The molecule has 0 N–H and O–H groups in total. The first kappa shape index (κ1) is 56.6. The number of benzene rings is 4. The van der Waals surface area contributed by atoms with Crippen LogP contribution < -0.4 is 18.9 Å². The zero-order valence-electron chi connectivity index (χ0n) is 42.2. The van der Waals surface area contributed by atoms with Gasteiger partial charge in [-0.3, -0.25) is 0 Å². The lowest BCUT2D eigenvalue weighted by molar-refractivity contribution is 0.295. The topological polar surface area (TPSA) is 84.5 Å². The minimum absolute atomic E-state index is 0.516. The second-order valence-electron chi connectivity index (χ2n) is 16.9. The standard InChI is InChI=1S/C62H72N2O4S2/c1-5-9-13-19-41-65-59-49-55(33-27-51-29-35-57(36-30-51)69-45-23-39-63)61(67-43-21-15-11-7-3)47-53(59)25-17-18-26-54-48-62(68-44-22-16-12-8-4)56(50-60(54)66-42-20-14-10-6-2)34-28-52-31-37-58(38-32-52)70-46-24-40-64/h29-32,35-38,47-50H,5-16,19-24,41-46H2,1-4H3. The second kappa shape index (κ2) is 36.0. The molecule has 0 aliphatic heterocycles. The largest absolute Gasteiger partial charge is 0.492 e. The highest BCUT2D eigenvalue weighted by molar-refractivity contribution is 7.99. The van der Waals surface area contributed by atoms with Crippen LogP contribution in [0.15, 0.2) is 82.6 Å². The van der Waals surface area contributed by atoms with Crippen LogP contribution in [0.4, 0.5) is 0 Å². The molecule has 0 amide bonds. The maximum absolute atomic E-state index is 8.94. The van der Waals surface area contributed by atoms with Gasteiger partial charge in [-0.2, -0.15) is 10.5 Å². The van der Waals surface area contributed by atoms with Crippen LogP contribution in [-0.4, -0.2) is 37.9 Å². The normalized spacial score (nSPS) is 10.1. The summed E-state index contributed by atoms with van der Waals surface area (Å²) in [5.41, 5.74) is 4.67. The van der Waals surface area contributed by atoms with E-state index in [0.717, 1.165) is 146 Å². The highest BCUT2D eigenvalue weighted by Crippen LogP contribution is 2.31. The van der Waals surface area contributed by atoms with Crippen molar-refractivity contribution in [3.8, 4) is 82.5 Å². The lowest BCUT2D eigenvalue weighted by Gasteiger charge is -2.14. The summed E-state index contributed by atoms with van der Waals surface area (Å²) < 4.78 is 25.9. The molecule has 0 saturated carbocycles. The van der Waals surface area contributed by atoms with E-state index in [1.807, 2.05) is 48.5 Å². The Labute approximate surface area is 430 Å². The molecule has 0 radical (unpaired) electrons. The Morgan fingerprint density at radius 1 is 0.371 bits per heavy atom. The number of rotatable bonds is 30. The molecule has 0 aromatic heterocycles. The summed E-state index contributed by atoms with van der Waals surface area (Å²) in [4.78, 5) is 2.23. The predicted octanol–water partition coefficient (Wildman–Crippen LogP) is 15.7. The van der Waals surface area contributed by atoms with E-state index >= 15 is 0 Å². The molecule has 6 nitrogen and oxygen atoms in total. The summed E-state index contributed by atoms with van der Waals surface area (Å²) in [7, 11) is 0. The van der Waals surface area contributed by atoms with Gasteiger partial charge in [-0.25, -0.2) is 0 Å². The minimum Gasteiger partial charge on any atom is -0.492 e. The fraction of sp³-hybridized carbons (Fsp3) is 0.452. The van der Waals surface area contributed by atoms with Gasteiger partial charge in [-0.1, -0.05) is 128 Å². The SMILES string of the molecule is CCCCCCOc1cc(C#Cc2ccc(SCCC#N)cc2)c(OCCCCCC)cc1C#CC#Cc1cc(OCCCCCC)c(C#Cc2ccc(SCCC#N)cc2)cc1OCCCCCC. The first-order chi connectivity index (χ1) is 34.5. The summed E-state index contributed by atoms with van der Waals surface area (Å²) in [6.07, 6.45) is 18.4. The number of nitriles is 2. The molecule has 70 heavy (non-hydrogen) atoms. The molecule has 366 valence electrons. The van der Waals surface area contributed by atoms with Crippen LogP contribution in [0.3, 0.4) is 0 Å². The Balaban J connectivity index is 1.75. The van der Waals surface area contributed by atoms with Gasteiger partial charge in [0.15, 0.2) is 0 Å². The van der Waals surface area contributed by atoms with Gasteiger partial charge >= 0.3 is 0 Å². The molecule has 4 aromatic rings. The molecule has 0 heterocycles. The third-order valence-electron chi connectivity index (χ3n) is 11.0. The lowest BCUT2D eigenvalue weighted by atomic mass is 10.1. The van der Waals surface area contributed by atoms with Gasteiger partial charge in [0, 0.05) is 69.5 Å². The maximum atomic E-state index is 8.94. The molecule has 0 bridgehead atoms. The van der Waals surface area contributed by atoms with Crippen molar-refractivity contribution in [1.82, 2.24) is 0 Å². The maximum Gasteiger partial charge on any atom is 0.136 e. The molecular weight excluding hydrogens is 901 g/mol. The number of hydrogen-bond donors (Lipinski definition) is 0. The molecule has 0 fully saturated rings. The zero-order chi connectivity index (χ0) is 49.7. The predicted molar refractivity (Wildman–Crippen MR) is 292 cm³/mol. The molecule has 8 heteroatoms. The number of ether oxygens (including phenoxy) is 4. The first-order valence-corrected chi connectivity index (χ1v) is 27.6. The smallest absolute Gasteiger partial charge is 0.136 e. The van der Waals surface area contributed by atoms with E-state index in [0.29, 0.717) is 73.4 Å². The van der Waals surface area contributed by atoms with E-state index in [-0.39, 0.29) is 0 Å². The van der Waals surface area contributed by atoms with E-state index in [2.05, 4.69) is 111 Å². The number of thioether (sulfide) groups is 2. The van der Waals surface area contributed by atoms with E-state index in [4.69, 9.17) is 29.5 Å². The van der Waals surface area contributed by atoms with E-state index < -0.39 is 0 Å². The summed E-state index contributed by atoms with van der Waals surface area (Å²) in [6, 6.07) is 28.6. The minimum atomic E-state index is 0.516. The van der Waals surface area contributed by atoms with E-state index in [1.54, 1.807) is 23.5 Å². The summed E-state index contributed by atoms with van der Waals surface area (Å²) >= 11 is 3.34. The molecule has 0 aliphatic rings. The molecule has 0 unspecified atom stereocenters. The number of nitrogens with zero attached hydrogens (tertiary/aromatic N) is 2. The van der Waals surface area contributed by atoms with Gasteiger partial charge in [0.05, 0.1) is 60.8 Å². The molecule has 0 saturated heterocycles. The third-order valence-corrected chi connectivity index (χ3v) is 13.0. The highest BCUT2D eigenvalue weighted by atomic mass is 32.2. The number of hydrogen-bond acceptors (Lipinski definition) is 8. The fourth-order valence-corrected chi connectivity index (χ4v) is 8.52. The van der Waals surface area contributed by atoms with Crippen molar-refractivity contribution in [3.63, 3.8) is 0 Å². The van der Waals surface area contributed by atoms with Crippen LogP contribution in [0.25, 0.3) is 0 Å². The summed E-state index contributed by atoms with van der Waals surface area (Å²) in [5, 5.41) is 17.9. The van der Waals surface area contributed by atoms with Crippen LogP contribution >= 0.6 is 23.5 Å². The van der Waals surface area contributed by atoms with Crippen molar-refractivity contribution < 1.29 is 18.9 Å². The Hall–Kier alpha value is -6.00. The van der Waals surface area contributed by atoms with Crippen LogP contribution in [0.5, 0.6) is 23.0 Å². The molecule has 0 spiro atoms. The van der Waals surface area contributed by atoms with Crippen molar-refractivity contribution in [2.45, 2.75) is 153 Å². The summed E-state index contributed by atoms with van der Waals surface area (Å²) in [5.74, 6) is 30.6. The van der Waals surface area contributed by atoms with Crippen molar-refractivity contribution in [2.24, 2.45) is 0 Å². The van der Waals surface area contributed by atoms with Crippen molar-refractivity contribution in [3.05, 3.63) is 106 Å². The van der Waals surface area contributed by atoms with E-state index in [1.165, 1.54) is 0 Å². The quantitative estimate of drug-likeness (QED) is 0.0290. The van der Waals surface area contributed by atoms with Crippen molar-refractivity contribution in [2.75, 3.05) is 37.9 Å². The molecular formula is C62H72N2O4S2. The second-order valence-corrected chi connectivity index (χ2v) is 19.2. The number of unbranched alkanes of at least 4 members (excludes halogenated alkanes) is 12. The average molecular weight is 973 g/mol. The highest BCUT2D eigenvalue weighted by Gasteiger charge is 2.13. The van der Waals surface area contributed by atoms with Gasteiger partial charge in [0.1, 0.15) is 23.0 Å². The Kier molecular flexibility index (Phi) is 29.1. The summed E-state index contributed by atoms with van der Waals surface area (Å²) in [6.45, 7) is 11.1. The van der Waals surface area contributed by atoms with Crippen LogP contribution in [0.1, 0.15) is 177 Å². The van der Waals surface area contributed by atoms with Crippen molar-refractivity contribution >= 4 is 23.5 Å².